The average Bonchev–Trinajstić information content (AvgIpc) is 3.07. The van der Waals surface area contributed by atoms with E-state index in [4.69, 9.17) is 14.2 Å². The first-order valence-corrected chi connectivity index (χ1v) is 10.5. The maximum atomic E-state index is 12.3. The Hall–Kier alpha value is -3.13. The predicted octanol–water partition coefficient (Wildman–Crippen LogP) is 3.97. The van der Waals surface area contributed by atoms with Crippen LogP contribution >= 0.6 is 15.9 Å². The molecule has 7 nitrogen and oxygen atoms in total. The van der Waals surface area contributed by atoms with Crippen molar-refractivity contribution in [1.82, 2.24) is 4.90 Å². The second kappa shape index (κ2) is 9.78. The van der Waals surface area contributed by atoms with Gasteiger partial charge in [0.2, 0.25) is 5.90 Å². The van der Waals surface area contributed by atoms with Gasteiger partial charge in [-0.1, -0.05) is 17.7 Å². The van der Waals surface area contributed by atoms with Crippen LogP contribution < -0.4 is 9.47 Å². The number of nitrogens with zero attached hydrogens (tertiary/aromatic N) is 2. The Morgan fingerprint density at radius 2 is 2.00 bits per heavy atom. The zero-order chi connectivity index (χ0) is 22.5. The molecule has 1 heterocycles. The maximum absolute atomic E-state index is 12.3. The summed E-state index contributed by atoms with van der Waals surface area (Å²) in [6.45, 7) is 4.09. The number of ether oxygens (including phenoxy) is 3. The fourth-order valence-corrected chi connectivity index (χ4v) is 3.38. The SMILES string of the molecule is CCOc1cc(/C=C2\N=C(c3cccc(C)c3)OC2=O)cc(Br)c1OCC(=O)N(C)C. The van der Waals surface area contributed by atoms with Crippen molar-refractivity contribution in [3.8, 4) is 11.5 Å². The van der Waals surface area contributed by atoms with Crippen LogP contribution in [0.2, 0.25) is 0 Å². The topological polar surface area (TPSA) is 77.4 Å². The zero-order valence-corrected chi connectivity index (χ0v) is 19.4. The van der Waals surface area contributed by atoms with Gasteiger partial charge in [-0.15, -0.1) is 0 Å². The molecule has 1 amide bonds. The number of hydrogen-bond acceptors (Lipinski definition) is 6. The lowest BCUT2D eigenvalue weighted by molar-refractivity contribution is -0.131. The number of amides is 1. The van der Waals surface area contributed by atoms with E-state index in [1.807, 2.05) is 38.1 Å². The van der Waals surface area contributed by atoms with E-state index >= 15 is 0 Å². The number of aliphatic imine (C=N–C) groups is 1. The van der Waals surface area contributed by atoms with Crippen molar-refractivity contribution in [3.63, 3.8) is 0 Å². The van der Waals surface area contributed by atoms with Crippen molar-refractivity contribution in [3.05, 3.63) is 63.3 Å². The van der Waals surface area contributed by atoms with Gasteiger partial charge in [0.1, 0.15) is 0 Å². The van der Waals surface area contributed by atoms with Crippen molar-refractivity contribution in [2.45, 2.75) is 13.8 Å². The van der Waals surface area contributed by atoms with E-state index < -0.39 is 5.97 Å². The quantitative estimate of drug-likeness (QED) is 0.437. The lowest BCUT2D eigenvalue weighted by Gasteiger charge is -2.16. The summed E-state index contributed by atoms with van der Waals surface area (Å²) in [7, 11) is 3.32. The lowest BCUT2D eigenvalue weighted by Crippen LogP contribution is -2.27. The van der Waals surface area contributed by atoms with Gasteiger partial charge in [-0.2, -0.15) is 0 Å². The second-order valence-electron chi connectivity index (χ2n) is 7.05. The Balaban J connectivity index is 1.91. The van der Waals surface area contributed by atoms with Crippen LogP contribution in [0.5, 0.6) is 11.5 Å². The molecule has 0 radical (unpaired) electrons. The number of rotatable bonds is 7. The number of benzene rings is 2. The number of cyclic esters (lactones) is 1. The molecule has 0 saturated heterocycles. The highest BCUT2D eigenvalue weighted by Gasteiger charge is 2.24. The number of halogens is 1. The second-order valence-corrected chi connectivity index (χ2v) is 7.90. The van der Waals surface area contributed by atoms with E-state index in [2.05, 4.69) is 20.9 Å². The molecule has 0 spiro atoms. The van der Waals surface area contributed by atoms with Crippen molar-refractivity contribution in [1.29, 1.82) is 0 Å². The van der Waals surface area contributed by atoms with E-state index in [-0.39, 0.29) is 24.1 Å². The fraction of sp³-hybridized carbons (Fsp3) is 0.261. The van der Waals surface area contributed by atoms with E-state index in [1.165, 1.54) is 4.90 Å². The summed E-state index contributed by atoms with van der Waals surface area (Å²) in [5.74, 6) is 0.433. The van der Waals surface area contributed by atoms with Gasteiger partial charge in [-0.3, -0.25) is 4.79 Å². The van der Waals surface area contributed by atoms with E-state index in [0.29, 0.717) is 28.1 Å². The highest BCUT2D eigenvalue weighted by Crippen LogP contribution is 2.38. The summed E-state index contributed by atoms with van der Waals surface area (Å²) in [6, 6.07) is 11.1. The molecule has 0 atom stereocenters. The fourth-order valence-electron chi connectivity index (χ4n) is 2.81. The predicted molar refractivity (Wildman–Crippen MR) is 121 cm³/mol. The third kappa shape index (κ3) is 5.52. The number of carbonyl (C=O) groups is 2. The van der Waals surface area contributed by atoms with Crippen LogP contribution in [0.15, 0.2) is 51.6 Å². The molecule has 0 bridgehead atoms. The summed E-state index contributed by atoms with van der Waals surface area (Å²) in [5.41, 5.74) is 2.63. The molecule has 0 fully saturated rings. The van der Waals surface area contributed by atoms with E-state index in [0.717, 1.165) is 11.1 Å². The Labute approximate surface area is 189 Å². The summed E-state index contributed by atoms with van der Waals surface area (Å²) < 4.78 is 17.3. The number of esters is 1. The third-order valence-electron chi connectivity index (χ3n) is 4.36. The van der Waals surface area contributed by atoms with Gasteiger partial charge in [0, 0.05) is 19.7 Å². The summed E-state index contributed by atoms with van der Waals surface area (Å²) in [4.78, 5) is 30.0. The molecule has 2 aromatic carbocycles. The normalized spacial score (nSPS) is 14.3. The van der Waals surface area contributed by atoms with Gasteiger partial charge in [-0.25, -0.2) is 9.79 Å². The minimum absolute atomic E-state index is 0.122. The largest absolute Gasteiger partial charge is 0.490 e. The first-order chi connectivity index (χ1) is 14.8. The standard InChI is InChI=1S/C23H23BrN2O5/c1-5-29-19-12-15(10-17(24)21(19)30-13-20(27)26(3)4)11-18-23(28)31-22(25-18)16-8-6-7-14(2)9-16/h6-12H,5,13H2,1-4H3/b18-11-. The molecular weight excluding hydrogens is 464 g/mol. The highest BCUT2D eigenvalue weighted by atomic mass is 79.9. The molecular formula is C23H23BrN2O5. The summed E-state index contributed by atoms with van der Waals surface area (Å²) in [5, 5.41) is 0. The molecule has 162 valence electrons. The van der Waals surface area contributed by atoms with Crippen LogP contribution in [-0.2, 0) is 14.3 Å². The highest BCUT2D eigenvalue weighted by molar-refractivity contribution is 9.10. The van der Waals surface area contributed by atoms with Crippen molar-refractivity contribution >= 4 is 39.8 Å². The van der Waals surface area contributed by atoms with Gasteiger partial charge < -0.3 is 19.1 Å². The molecule has 31 heavy (non-hydrogen) atoms. The Bertz CT molecular complexity index is 1080. The third-order valence-corrected chi connectivity index (χ3v) is 4.95. The molecule has 3 rings (SSSR count). The smallest absolute Gasteiger partial charge is 0.363 e. The lowest BCUT2D eigenvalue weighted by atomic mass is 10.1. The van der Waals surface area contributed by atoms with Crippen molar-refractivity contribution < 1.29 is 23.8 Å². The molecule has 1 aliphatic heterocycles. The zero-order valence-electron chi connectivity index (χ0n) is 17.8. The van der Waals surface area contributed by atoms with Gasteiger partial charge >= 0.3 is 5.97 Å². The van der Waals surface area contributed by atoms with Gasteiger partial charge in [0.15, 0.2) is 23.8 Å². The van der Waals surface area contributed by atoms with Crippen LogP contribution in [-0.4, -0.2) is 50.0 Å². The molecule has 1 aliphatic rings. The van der Waals surface area contributed by atoms with Crippen LogP contribution in [0.25, 0.3) is 6.08 Å². The van der Waals surface area contributed by atoms with Crippen molar-refractivity contribution in [2.75, 3.05) is 27.3 Å². The maximum Gasteiger partial charge on any atom is 0.363 e. The molecule has 2 aromatic rings. The van der Waals surface area contributed by atoms with Crippen molar-refractivity contribution in [2.24, 2.45) is 4.99 Å². The van der Waals surface area contributed by atoms with E-state index in [9.17, 15) is 9.59 Å². The van der Waals surface area contributed by atoms with Crippen LogP contribution in [0.4, 0.5) is 0 Å². The monoisotopic (exact) mass is 486 g/mol. The van der Waals surface area contributed by atoms with Gasteiger partial charge in [-0.05, 0) is 65.7 Å². The van der Waals surface area contributed by atoms with E-state index in [1.54, 1.807) is 32.3 Å². The molecule has 0 unspecified atom stereocenters. The number of hydrogen-bond donors (Lipinski definition) is 0. The molecule has 8 heteroatoms. The average molecular weight is 487 g/mol. The van der Waals surface area contributed by atoms with Crippen LogP contribution in [0.1, 0.15) is 23.6 Å². The van der Waals surface area contributed by atoms with Crippen LogP contribution in [0, 0.1) is 6.92 Å². The van der Waals surface area contributed by atoms with Gasteiger partial charge in [0.05, 0.1) is 11.1 Å². The molecule has 0 saturated carbocycles. The molecule has 0 aliphatic carbocycles. The van der Waals surface area contributed by atoms with Crippen LogP contribution in [0.3, 0.4) is 0 Å². The number of likely N-dealkylation sites (N-methyl/N-ethyl adjacent to an activating group) is 1. The summed E-state index contributed by atoms with van der Waals surface area (Å²) in [6.07, 6.45) is 1.62. The number of carbonyl (C=O) groups excluding carboxylic acids is 2. The Kier molecular flexibility index (Phi) is 7.12. The first-order valence-electron chi connectivity index (χ1n) is 9.67. The molecule has 0 aromatic heterocycles. The summed E-state index contributed by atoms with van der Waals surface area (Å²) >= 11 is 3.47. The minimum Gasteiger partial charge on any atom is -0.490 e. The Morgan fingerprint density at radius 1 is 1.23 bits per heavy atom. The minimum atomic E-state index is -0.525. The van der Waals surface area contributed by atoms with Gasteiger partial charge in [0.25, 0.3) is 5.91 Å². The Morgan fingerprint density at radius 3 is 2.68 bits per heavy atom. The molecule has 0 N–H and O–H groups in total. The first kappa shape index (κ1) is 22.6. The number of aryl methyl sites for hydroxylation is 1.